The molecule has 2 N–H and O–H groups in total. The van der Waals surface area contributed by atoms with Crippen LogP contribution in [0.3, 0.4) is 0 Å². The van der Waals surface area contributed by atoms with Gasteiger partial charge in [-0.25, -0.2) is 18.4 Å². The molecule has 0 saturated heterocycles. The molecule has 0 atom stereocenters. The number of hydrogen-bond donors (Lipinski definition) is 1. The van der Waals surface area contributed by atoms with E-state index in [-0.39, 0.29) is 17.1 Å². The molecule has 3 aromatic rings. The number of primary sulfonamides is 1. The van der Waals surface area contributed by atoms with Crippen molar-refractivity contribution in [3.8, 4) is 11.1 Å². The van der Waals surface area contributed by atoms with Gasteiger partial charge in [-0.05, 0) is 50.8 Å². The van der Waals surface area contributed by atoms with Gasteiger partial charge < -0.3 is 4.74 Å². The van der Waals surface area contributed by atoms with E-state index in [2.05, 4.69) is 15.9 Å². The molecule has 0 saturated carbocycles. The van der Waals surface area contributed by atoms with Crippen molar-refractivity contribution in [2.24, 2.45) is 5.14 Å². The average Bonchev–Trinajstić information content (AvgIpc) is 2.66. The number of benzene rings is 3. The Hall–Kier alpha value is -2.48. The lowest BCUT2D eigenvalue weighted by atomic mass is 10.0. The van der Waals surface area contributed by atoms with Crippen molar-refractivity contribution in [3.05, 3.63) is 88.4 Å². The van der Waals surface area contributed by atoms with E-state index in [0.29, 0.717) is 4.47 Å². The molecule has 7 heteroatoms. The third-order valence-electron chi connectivity index (χ3n) is 3.92. The first-order valence-electron chi connectivity index (χ1n) is 7.98. The Kier molecular flexibility index (Phi) is 5.74. The van der Waals surface area contributed by atoms with Gasteiger partial charge in [-0.15, -0.1) is 0 Å². The summed E-state index contributed by atoms with van der Waals surface area (Å²) in [6.45, 7) is 0.0694. The highest BCUT2D eigenvalue weighted by molar-refractivity contribution is 9.10. The zero-order valence-electron chi connectivity index (χ0n) is 14.1. The summed E-state index contributed by atoms with van der Waals surface area (Å²) >= 11 is 3.22. The first-order valence-corrected chi connectivity index (χ1v) is 10.3. The van der Waals surface area contributed by atoms with E-state index in [1.807, 2.05) is 54.6 Å². The smallest absolute Gasteiger partial charge is 0.339 e. The second kappa shape index (κ2) is 8.04. The summed E-state index contributed by atoms with van der Waals surface area (Å²) in [6, 6.07) is 21.6. The van der Waals surface area contributed by atoms with Crippen LogP contribution in [-0.4, -0.2) is 14.4 Å². The van der Waals surface area contributed by atoms with Crippen molar-refractivity contribution in [1.29, 1.82) is 0 Å². The molecule has 0 amide bonds. The first-order chi connectivity index (χ1) is 12.8. The maximum absolute atomic E-state index is 12.3. The zero-order chi connectivity index (χ0) is 19.4. The summed E-state index contributed by atoms with van der Waals surface area (Å²) in [5.41, 5.74) is 3.09. The van der Waals surface area contributed by atoms with Gasteiger partial charge in [0, 0.05) is 4.47 Å². The molecular formula is C20H16BrNO4S. The highest BCUT2D eigenvalue weighted by Gasteiger charge is 2.16. The first kappa shape index (κ1) is 19.3. The summed E-state index contributed by atoms with van der Waals surface area (Å²) in [7, 11) is -3.90. The van der Waals surface area contributed by atoms with Crippen molar-refractivity contribution in [2.75, 3.05) is 0 Å². The van der Waals surface area contributed by atoms with Crippen LogP contribution < -0.4 is 5.14 Å². The number of nitrogens with two attached hydrogens (primary N) is 1. The van der Waals surface area contributed by atoms with Gasteiger partial charge in [0.2, 0.25) is 10.0 Å². The normalized spacial score (nSPS) is 11.2. The second-order valence-corrected chi connectivity index (χ2v) is 8.24. The molecule has 0 aliphatic heterocycles. The lowest BCUT2D eigenvalue weighted by Crippen LogP contribution is -2.14. The molecule has 138 valence electrons. The van der Waals surface area contributed by atoms with Crippen LogP contribution in [0.1, 0.15) is 15.9 Å². The number of halogens is 1. The number of rotatable bonds is 5. The van der Waals surface area contributed by atoms with Crippen molar-refractivity contribution >= 4 is 31.9 Å². The van der Waals surface area contributed by atoms with Crippen LogP contribution in [-0.2, 0) is 21.4 Å². The largest absolute Gasteiger partial charge is 0.457 e. The minimum absolute atomic E-state index is 0.0694. The zero-order valence-corrected chi connectivity index (χ0v) is 16.5. The van der Waals surface area contributed by atoms with E-state index in [1.165, 1.54) is 18.2 Å². The third kappa shape index (κ3) is 4.82. The van der Waals surface area contributed by atoms with Crippen molar-refractivity contribution in [3.63, 3.8) is 0 Å². The number of ether oxygens (including phenoxy) is 1. The van der Waals surface area contributed by atoms with Crippen molar-refractivity contribution < 1.29 is 17.9 Å². The molecule has 5 nitrogen and oxygen atoms in total. The van der Waals surface area contributed by atoms with Crippen LogP contribution in [0.25, 0.3) is 11.1 Å². The fourth-order valence-electron chi connectivity index (χ4n) is 2.49. The van der Waals surface area contributed by atoms with Gasteiger partial charge >= 0.3 is 5.97 Å². The lowest BCUT2D eigenvalue weighted by Gasteiger charge is -2.09. The Morgan fingerprint density at radius 2 is 1.56 bits per heavy atom. The number of sulfonamides is 1. The molecule has 0 aromatic heterocycles. The molecule has 0 spiro atoms. The standard InChI is InChI=1S/C20H16BrNO4S/c21-19-11-10-17(27(22,24)25)12-18(19)20(23)26-13-14-6-8-16(9-7-14)15-4-2-1-3-5-15/h1-12H,13H2,(H2,22,24,25). The van der Waals surface area contributed by atoms with E-state index in [0.717, 1.165) is 16.7 Å². The predicted molar refractivity (Wildman–Crippen MR) is 107 cm³/mol. The molecule has 0 radical (unpaired) electrons. The highest BCUT2D eigenvalue weighted by atomic mass is 79.9. The maximum Gasteiger partial charge on any atom is 0.339 e. The number of esters is 1. The molecule has 0 aliphatic carbocycles. The molecular weight excluding hydrogens is 430 g/mol. The van der Waals surface area contributed by atoms with Crippen LogP contribution in [0.5, 0.6) is 0 Å². The summed E-state index contributed by atoms with van der Waals surface area (Å²) in [5.74, 6) is -0.639. The summed E-state index contributed by atoms with van der Waals surface area (Å²) in [6.07, 6.45) is 0. The van der Waals surface area contributed by atoms with Gasteiger partial charge in [0.25, 0.3) is 0 Å². The van der Waals surface area contributed by atoms with Crippen LogP contribution in [0, 0.1) is 0 Å². The molecule has 27 heavy (non-hydrogen) atoms. The SMILES string of the molecule is NS(=O)(=O)c1ccc(Br)c(C(=O)OCc2ccc(-c3ccccc3)cc2)c1. The fraction of sp³-hybridized carbons (Fsp3) is 0.0500. The monoisotopic (exact) mass is 445 g/mol. The lowest BCUT2D eigenvalue weighted by molar-refractivity contribution is 0.0471. The average molecular weight is 446 g/mol. The van der Waals surface area contributed by atoms with E-state index >= 15 is 0 Å². The van der Waals surface area contributed by atoms with E-state index in [4.69, 9.17) is 9.88 Å². The minimum Gasteiger partial charge on any atom is -0.457 e. The van der Waals surface area contributed by atoms with Gasteiger partial charge in [0.15, 0.2) is 0 Å². The Morgan fingerprint density at radius 3 is 2.19 bits per heavy atom. The number of carbonyl (C=O) groups is 1. The van der Waals surface area contributed by atoms with Gasteiger partial charge in [-0.1, -0.05) is 54.6 Å². The minimum atomic E-state index is -3.90. The van der Waals surface area contributed by atoms with Crippen LogP contribution in [0.15, 0.2) is 82.2 Å². The molecule has 0 bridgehead atoms. The Bertz CT molecular complexity index is 1060. The molecule has 0 fully saturated rings. The van der Waals surface area contributed by atoms with Crippen LogP contribution >= 0.6 is 15.9 Å². The third-order valence-corrected chi connectivity index (χ3v) is 5.52. The van der Waals surface area contributed by atoms with Crippen LogP contribution in [0.4, 0.5) is 0 Å². The Balaban J connectivity index is 1.71. The topological polar surface area (TPSA) is 86.5 Å². The summed E-state index contributed by atoms with van der Waals surface area (Å²) < 4.78 is 28.6. The molecule has 0 aliphatic rings. The molecule has 3 aromatic carbocycles. The molecule has 3 rings (SSSR count). The van der Waals surface area contributed by atoms with Gasteiger partial charge in [-0.3, -0.25) is 0 Å². The number of carbonyl (C=O) groups excluding carboxylic acids is 1. The van der Waals surface area contributed by atoms with Crippen molar-refractivity contribution in [1.82, 2.24) is 0 Å². The molecule has 0 heterocycles. The van der Waals surface area contributed by atoms with E-state index < -0.39 is 16.0 Å². The van der Waals surface area contributed by atoms with Gasteiger partial charge in [-0.2, -0.15) is 0 Å². The Labute approximate surface area is 166 Å². The predicted octanol–water partition coefficient (Wildman–Crippen LogP) is 4.12. The highest BCUT2D eigenvalue weighted by Crippen LogP contribution is 2.23. The van der Waals surface area contributed by atoms with Crippen molar-refractivity contribution in [2.45, 2.75) is 11.5 Å². The second-order valence-electron chi connectivity index (χ2n) is 5.83. The molecule has 0 unspecified atom stereocenters. The van der Waals surface area contributed by atoms with Gasteiger partial charge in [0.05, 0.1) is 10.5 Å². The Morgan fingerprint density at radius 1 is 0.926 bits per heavy atom. The van der Waals surface area contributed by atoms with E-state index in [1.54, 1.807) is 0 Å². The van der Waals surface area contributed by atoms with E-state index in [9.17, 15) is 13.2 Å². The number of hydrogen-bond acceptors (Lipinski definition) is 4. The maximum atomic E-state index is 12.3. The quantitative estimate of drug-likeness (QED) is 0.598. The fourth-order valence-corrected chi connectivity index (χ4v) is 3.44. The summed E-state index contributed by atoms with van der Waals surface area (Å²) in [5, 5.41) is 5.11. The van der Waals surface area contributed by atoms with Crippen LogP contribution in [0.2, 0.25) is 0 Å². The van der Waals surface area contributed by atoms with Gasteiger partial charge in [0.1, 0.15) is 6.61 Å². The summed E-state index contributed by atoms with van der Waals surface area (Å²) in [4.78, 5) is 12.2.